The molecule has 0 saturated heterocycles. The number of hydrogen-bond donors (Lipinski definition) is 0. The van der Waals surface area contributed by atoms with Gasteiger partial charge in [0.25, 0.3) is 0 Å². The van der Waals surface area contributed by atoms with Crippen LogP contribution in [-0.4, -0.2) is 15.0 Å². The van der Waals surface area contributed by atoms with Gasteiger partial charge in [0.15, 0.2) is 0 Å². The van der Waals surface area contributed by atoms with Gasteiger partial charge < -0.3 is 0 Å². The fourth-order valence-corrected chi connectivity index (χ4v) is 1.94. The summed E-state index contributed by atoms with van der Waals surface area (Å²) in [5, 5.41) is 7.98. The van der Waals surface area contributed by atoms with Gasteiger partial charge in [-0.2, -0.15) is 0 Å². The number of benzene rings is 1. The van der Waals surface area contributed by atoms with E-state index in [1.54, 1.807) is 23.0 Å². The molecule has 18 heavy (non-hydrogen) atoms. The Morgan fingerprint density at radius 2 is 1.94 bits per heavy atom. The molecule has 96 valence electrons. The lowest BCUT2D eigenvalue weighted by molar-refractivity contribution is 0.522. The highest BCUT2D eigenvalue weighted by molar-refractivity contribution is 6.31. The monoisotopic (exact) mass is 267 g/mol. The molecule has 0 aliphatic rings. The zero-order chi connectivity index (χ0) is 13.5. The van der Waals surface area contributed by atoms with E-state index >= 15 is 0 Å². The summed E-state index contributed by atoms with van der Waals surface area (Å²) in [5.41, 5.74) is 1.76. The second-order valence-electron chi connectivity index (χ2n) is 5.34. The molecule has 2 aromatic rings. The summed E-state index contributed by atoms with van der Waals surface area (Å²) in [4.78, 5) is 0. The van der Waals surface area contributed by atoms with Crippen molar-refractivity contribution in [2.75, 3.05) is 0 Å². The first-order chi connectivity index (χ1) is 8.29. The number of aryl methyl sites for hydroxylation is 1. The molecule has 0 N–H and O–H groups in total. The van der Waals surface area contributed by atoms with Gasteiger partial charge in [0.1, 0.15) is 5.82 Å². The van der Waals surface area contributed by atoms with Gasteiger partial charge in [-0.15, -0.1) is 5.10 Å². The fraction of sp³-hybridized carbons (Fsp3) is 0.385. The Hall–Kier alpha value is -1.42. The van der Waals surface area contributed by atoms with Gasteiger partial charge in [-0.05, 0) is 30.0 Å². The molecule has 0 unspecified atom stereocenters. The van der Waals surface area contributed by atoms with E-state index in [1.165, 1.54) is 0 Å². The van der Waals surface area contributed by atoms with Crippen LogP contribution in [0.15, 0.2) is 18.3 Å². The van der Waals surface area contributed by atoms with Crippen molar-refractivity contribution >= 4 is 11.6 Å². The normalized spacial score (nSPS) is 11.9. The molecule has 0 saturated carbocycles. The Labute approximate surface area is 111 Å². The van der Waals surface area contributed by atoms with Crippen LogP contribution in [0.2, 0.25) is 5.02 Å². The number of rotatable bonds is 1. The molecular formula is C13H15ClFN3. The van der Waals surface area contributed by atoms with Crippen molar-refractivity contribution in [1.82, 2.24) is 15.0 Å². The van der Waals surface area contributed by atoms with E-state index in [9.17, 15) is 4.39 Å². The van der Waals surface area contributed by atoms with E-state index in [-0.39, 0.29) is 16.3 Å². The van der Waals surface area contributed by atoms with Gasteiger partial charge in [0.05, 0.1) is 22.6 Å². The smallest absolute Gasteiger partial charge is 0.145 e. The molecular weight excluding hydrogens is 253 g/mol. The molecule has 1 heterocycles. The van der Waals surface area contributed by atoms with Gasteiger partial charge >= 0.3 is 0 Å². The zero-order valence-corrected chi connectivity index (χ0v) is 11.6. The van der Waals surface area contributed by atoms with Gasteiger partial charge in [-0.1, -0.05) is 37.6 Å². The molecule has 0 bridgehead atoms. The van der Waals surface area contributed by atoms with Crippen molar-refractivity contribution in [3.8, 4) is 5.69 Å². The molecule has 0 aliphatic heterocycles. The average Bonchev–Trinajstić information content (AvgIpc) is 2.67. The third-order valence-electron chi connectivity index (χ3n) is 2.69. The van der Waals surface area contributed by atoms with Crippen LogP contribution in [-0.2, 0) is 5.41 Å². The molecule has 2 rings (SSSR count). The SMILES string of the molecule is Cc1cn(-c2cc(Cl)c(F)c(C(C)(C)C)c2)nn1. The Bertz CT molecular complexity index is 584. The van der Waals surface area contributed by atoms with Crippen molar-refractivity contribution in [2.45, 2.75) is 33.1 Å². The van der Waals surface area contributed by atoms with Crippen LogP contribution in [0.4, 0.5) is 4.39 Å². The maximum Gasteiger partial charge on any atom is 0.145 e. The van der Waals surface area contributed by atoms with Gasteiger partial charge in [-0.25, -0.2) is 9.07 Å². The predicted molar refractivity (Wildman–Crippen MR) is 69.8 cm³/mol. The molecule has 5 heteroatoms. The van der Waals surface area contributed by atoms with Crippen molar-refractivity contribution in [3.05, 3.63) is 40.4 Å². The van der Waals surface area contributed by atoms with Gasteiger partial charge in [-0.3, -0.25) is 0 Å². The first-order valence-electron chi connectivity index (χ1n) is 5.68. The van der Waals surface area contributed by atoms with E-state index < -0.39 is 0 Å². The summed E-state index contributed by atoms with van der Waals surface area (Å²) in [7, 11) is 0. The van der Waals surface area contributed by atoms with Crippen molar-refractivity contribution in [3.63, 3.8) is 0 Å². The van der Waals surface area contributed by atoms with E-state index in [1.807, 2.05) is 27.7 Å². The standard InChI is InChI=1S/C13H15ClFN3/c1-8-7-18(17-16-8)9-5-10(13(2,3)4)12(15)11(14)6-9/h5-7H,1-4H3. The highest BCUT2D eigenvalue weighted by Crippen LogP contribution is 2.31. The predicted octanol–water partition coefficient (Wildman–Crippen LogP) is 3.67. The molecule has 0 radical (unpaired) electrons. The lowest BCUT2D eigenvalue weighted by Crippen LogP contribution is -2.15. The molecule has 3 nitrogen and oxygen atoms in total. The Morgan fingerprint density at radius 3 is 2.44 bits per heavy atom. The van der Waals surface area contributed by atoms with Crippen molar-refractivity contribution < 1.29 is 4.39 Å². The van der Waals surface area contributed by atoms with Crippen LogP contribution in [0.25, 0.3) is 5.69 Å². The Kier molecular flexibility index (Phi) is 3.15. The first-order valence-corrected chi connectivity index (χ1v) is 6.05. The summed E-state index contributed by atoms with van der Waals surface area (Å²) >= 11 is 5.95. The summed E-state index contributed by atoms with van der Waals surface area (Å²) < 4.78 is 15.6. The van der Waals surface area contributed by atoms with Gasteiger partial charge in [0, 0.05) is 0 Å². The fourth-order valence-electron chi connectivity index (χ4n) is 1.73. The van der Waals surface area contributed by atoms with Crippen molar-refractivity contribution in [1.29, 1.82) is 0 Å². The summed E-state index contributed by atoms with van der Waals surface area (Å²) in [6, 6.07) is 3.32. The third kappa shape index (κ3) is 2.38. The average molecular weight is 268 g/mol. The number of hydrogen-bond acceptors (Lipinski definition) is 2. The van der Waals surface area contributed by atoms with E-state index in [0.717, 1.165) is 5.69 Å². The molecule has 1 aromatic heterocycles. The number of aromatic nitrogens is 3. The van der Waals surface area contributed by atoms with Crippen LogP contribution in [0.1, 0.15) is 32.0 Å². The van der Waals surface area contributed by atoms with Crippen LogP contribution in [0, 0.1) is 12.7 Å². The Balaban J connectivity index is 2.61. The number of nitrogens with zero attached hydrogens (tertiary/aromatic N) is 3. The lowest BCUT2D eigenvalue weighted by atomic mass is 9.86. The summed E-state index contributed by atoms with van der Waals surface area (Å²) in [6.45, 7) is 7.67. The molecule has 0 fully saturated rings. The van der Waals surface area contributed by atoms with Gasteiger partial charge in [0.2, 0.25) is 0 Å². The summed E-state index contributed by atoms with van der Waals surface area (Å²) in [5.74, 6) is -0.371. The Morgan fingerprint density at radius 1 is 1.28 bits per heavy atom. The highest BCUT2D eigenvalue weighted by atomic mass is 35.5. The van der Waals surface area contributed by atoms with E-state index in [4.69, 9.17) is 11.6 Å². The van der Waals surface area contributed by atoms with Crippen LogP contribution >= 0.6 is 11.6 Å². The molecule has 0 amide bonds. The largest absolute Gasteiger partial charge is 0.220 e. The zero-order valence-electron chi connectivity index (χ0n) is 10.8. The topological polar surface area (TPSA) is 30.7 Å². The minimum atomic E-state index is -0.371. The van der Waals surface area contributed by atoms with E-state index in [2.05, 4.69) is 10.3 Å². The van der Waals surface area contributed by atoms with E-state index in [0.29, 0.717) is 11.3 Å². The number of halogens is 2. The van der Waals surface area contributed by atoms with Crippen molar-refractivity contribution in [2.24, 2.45) is 0 Å². The third-order valence-corrected chi connectivity index (χ3v) is 2.97. The molecule has 0 aliphatic carbocycles. The first kappa shape index (κ1) is 13.0. The molecule has 0 spiro atoms. The van der Waals surface area contributed by atoms with Crippen LogP contribution < -0.4 is 0 Å². The quantitative estimate of drug-likeness (QED) is 0.789. The second kappa shape index (κ2) is 4.35. The van der Waals surface area contributed by atoms with Crippen LogP contribution in [0.3, 0.4) is 0 Å². The maximum absolute atomic E-state index is 14.0. The second-order valence-corrected chi connectivity index (χ2v) is 5.75. The minimum absolute atomic E-state index is 0.102. The minimum Gasteiger partial charge on any atom is -0.220 e. The van der Waals surface area contributed by atoms with Crippen LogP contribution in [0.5, 0.6) is 0 Å². The lowest BCUT2D eigenvalue weighted by Gasteiger charge is -2.21. The summed E-state index contributed by atoms with van der Waals surface area (Å²) in [6.07, 6.45) is 1.77. The molecule has 0 atom stereocenters. The maximum atomic E-state index is 14.0. The highest BCUT2D eigenvalue weighted by Gasteiger charge is 2.22. The molecule has 1 aromatic carbocycles.